The van der Waals surface area contributed by atoms with E-state index < -0.39 is 0 Å². The molecule has 0 fully saturated rings. The second-order valence-corrected chi connectivity index (χ2v) is 6.62. The molecule has 0 aliphatic heterocycles. The van der Waals surface area contributed by atoms with Crippen LogP contribution in [0.15, 0.2) is 47.4 Å². The molecule has 2 aromatic heterocycles. The molecular formula is C17H18ClN5OS. The van der Waals surface area contributed by atoms with Gasteiger partial charge in [-0.1, -0.05) is 23.7 Å². The summed E-state index contributed by atoms with van der Waals surface area (Å²) in [6.45, 7) is 3.07. The maximum absolute atomic E-state index is 12.4. The Labute approximate surface area is 154 Å². The summed E-state index contributed by atoms with van der Waals surface area (Å²) in [4.78, 5) is 12.4. The zero-order valence-electron chi connectivity index (χ0n) is 13.6. The summed E-state index contributed by atoms with van der Waals surface area (Å²) < 4.78 is 1.88. The molecule has 3 rings (SSSR count). The van der Waals surface area contributed by atoms with Crippen molar-refractivity contribution in [3.63, 3.8) is 0 Å². The summed E-state index contributed by atoms with van der Waals surface area (Å²) >= 11 is 7.56. The first-order chi connectivity index (χ1) is 12.2. The second-order valence-electron chi connectivity index (χ2n) is 5.40. The Balaban J connectivity index is 1.70. The summed E-state index contributed by atoms with van der Waals surface area (Å²) in [7, 11) is 0. The fourth-order valence-electron chi connectivity index (χ4n) is 2.48. The highest BCUT2D eigenvalue weighted by atomic mass is 35.5. The van der Waals surface area contributed by atoms with Crippen molar-refractivity contribution in [3.8, 4) is 0 Å². The minimum atomic E-state index is -0.267. The van der Waals surface area contributed by atoms with Gasteiger partial charge in [-0.2, -0.15) is 11.3 Å². The average Bonchev–Trinajstić information content (AvgIpc) is 3.30. The zero-order valence-corrected chi connectivity index (χ0v) is 15.2. The monoisotopic (exact) mass is 375 g/mol. The largest absolute Gasteiger partial charge is 0.331 e. The van der Waals surface area contributed by atoms with Crippen LogP contribution in [0.25, 0.3) is 0 Å². The number of urea groups is 1. The highest BCUT2D eigenvalue weighted by Gasteiger charge is 2.17. The Bertz CT molecular complexity index is 816. The number of amides is 2. The Morgan fingerprint density at radius 2 is 2.08 bits per heavy atom. The highest BCUT2D eigenvalue weighted by Crippen LogP contribution is 2.25. The number of aryl methyl sites for hydroxylation is 1. The van der Waals surface area contributed by atoms with Gasteiger partial charge in [0.25, 0.3) is 0 Å². The molecule has 0 spiro atoms. The molecule has 1 unspecified atom stereocenters. The van der Waals surface area contributed by atoms with Crippen LogP contribution in [0.2, 0.25) is 5.02 Å². The number of hydrogen-bond donors (Lipinski definition) is 2. The van der Waals surface area contributed by atoms with Gasteiger partial charge in [0.2, 0.25) is 0 Å². The van der Waals surface area contributed by atoms with Crippen molar-refractivity contribution in [2.75, 3.05) is 0 Å². The summed E-state index contributed by atoms with van der Waals surface area (Å²) in [5.74, 6) is 0.719. The van der Waals surface area contributed by atoms with Crippen LogP contribution in [0, 0.1) is 0 Å². The number of nitrogens with one attached hydrogen (secondary N) is 2. The van der Waals surface area contributed by atoms with E-state index >= 15 is 0 Å². The van der Waals surface area contributed by atoms with E-state index in [1.807, 2.05) is 52.6 Å². The molecule has 3 aromatic rings. The van der Waals surface area contributed by atoms with Crippen molar-refractivity contribution in [1.82, 2.24) is 25.4 Å². The highest BCUT2D eigenvalue weighted by molar-refractivity contribution is 7.08. The molecule has 1 aromatic carbocycles. The predicted octanol–water partition coefficient (Wildman–Crippen LogP) is 3.60. The molecule has 0 radical (unpaired) electrons. The molecule has 2 N–H and O–H groups in total. The summed E-state index contributed by atoms with van der Waals surface area (Å²) in [6, 6.07) is 8.96. The quantitative estimate of drug-likeness (QED) is 0.691. The molecule has 0 aliphatic rings. The number of halogens is 1. The van der Waals surface area contributed by atoms with E-state index in [0.717, 1.165) is 23.5 Å². The van der Waals surface area contributed by atoms with Crippen molar-refractivity contribution in [1.29, 1.82) is 0 Å². The summed E-state index contributed by atoms with van der Waals surface area (Å²) in [5, 5.41) is 18.4. The first-order valence-corrected chi connectivity index (χ1v) is 9.18. The van der Waals surface area contributed by atoms with Crippen molar-refractivity contribution in [2.45, 2.75) is 26.1 Å². The van der Waals surface area contributed by atoms with Crippen LogP contribution in [0.5, 0.6) is 0 Å². The molecule has 8 heteroatoms. The van der Waals surface area contributed by atoms with Crippen LogP contribution in [0.1, 0.15) is 29.9 Å². The van der Waals surface area contributed by atoms with E-state index in [-0.39, 0.29) is 12.1 Å². The lowest BCUT2D eigenvalue weighted by molar-refractivity contribution is 0.238. The molecule has 2 heterocycles. The van der Waals surface area contributed by atoms with Gasteiger partial charge >= 0.3 is 6.03 Å². The van der Waals surface area contributed by atoms with E-state index in [0.29, 0.717) is 11.6 Å². The van der Waals surface area contributed by atoms with Crippen LogP contribution in [0.3, 0.4) is 0 Å². The average molecular weight is 376 g/mol. The summed E-state index contributed by atoms with van der Waals surface area (Å²) in [5.41, 5.74) is 1.99. The van der Waals surface area contributed by atoms with Crippen LogP contribution >= 0.6 is 22.9 Å². The molecule has 6 nitrogen and oxygen atoms in total. The maximum Gasteiger partial charge on any atom is 0.315 e. The standard InChI is InChI=1S/C17H18ClN5OS/c1-2-23-11-20-22-15(23)9-19-17(24)21-16(13-7-8-25-10-13)12-3-5-14(18)6-4-12/h3-8,10-11,16H,2,9H2,1H3,(H2,19,21,24). The first kappa shape index (κ1) is 17.4. The normalized spacial score (nSPS) is 11.9. The number of carbonyl (C=O) groups is 1. The molecular weight excluding hydrogens is 358 g/mol. The third-order valence-corrected chi connectivity index (χ3v) is 4.75. The van der Waals surface area contributed by atoms with Gasteiger partial charge in [-0.25, -0.2) is 4.79 Å². The number of carbonyl (C=O) groups excluding carboxylic acids is 1. The number of nitrogens with zero attached hydrogens (tertiary/aromatic N) is 3. The van der Waals surface area contributed by atoms with E-state index in [1.165, 1.54) is 0 Å². The number of thiophene rings is 1. The number of hydrogen-bond acceptors (Lipinski definition) is 4. The van der Waals surface area contributed by atoms with Gasteiger partial charge in [0.15, 0.2) is 5.82 Å². The zero-order chi connectivity index (χ0) is 17.6. The molecule has 0 aliphatic carbocycles. The van der Waals surface area contributed by atoms with Crippen molar-refractivity contribution >= 4 is 29.0 Å². The molecule has 25 heavy (non-hydrogen) atoms. The fraction of sp³-hybridized carbons (Fsp3) is 0.235. The molecule has 1 atom stereocenters. The van der Waals surface area contributed by atoms with Gasteiger partial charge in [0, 0.05) is 11.6 Å². The summed E-state index contributed by atoms with van der Waals surface area (Å²) in [6.07, 6.45) is 1.65. The lowest BCUT2D eigenvalue weighted by Gasteiger charge is -2.19. The topological polar surface area (TPSA) is 71.8 Å². The van der Waals surface area contributed by atoms with Gasteiger partial charge in [0.05, 0.1) is 12.6 Å². The van der Waals surface area contributed by atoms with Gasteiger partial charge in [0.1, 0.15) is 6.33 Å². The van der Waals surface area contributed by atoms with Crippen LogP contribution in [-0.2, 0) is 13.1 Å². The second kappa shape index (κ2) is 8.13. The Hall–Kier alpha value is -2.38. The van der Waals surface area contributed by atoms with E-state index in [1.54, 1.807) is 17.7 Å². The molecule has 0 saturated carbocycles. The van der Waals surface area contributed by atoms with E-state index in [4.69, 9.17) is 11.6 Å². The Morgan fingerprint density at radius 3 is 2.76 bits per heavy atom. The lowest BCUT2D eigenvalue weighted by Crippen LogP contribution is -2.38. The number of benzene rings is 1. The van der Waals surface area contributed by atoms with E-state index in [9.17, 15) is 4.79 Å². The van der Waals surface area contributed by atoms with Crippen molar-refractivity contribution in [3.05, 3.63) is 69.4 Å². The predicted molar refractivity (Wildman–Crippen MR) is 98.7 cm³/mol. The molecule has 2 amide bonds. The van der Waals surface area contributed by atoms with Gasteiger partial charge in [-0.3, -0.25) is 0 Å². The lowest BCUT2D eigenvalue weighted by atomic mass is 10.0. The van der Waals surface area contributed by atoms with Gasteiger partial charge < -0.3 is 15.2 Å². The smallest absolute Gasteiger partial charge is 0.315 e. The fourth-order valence-corrected chi connectivity index (χ4v) is 3.29. The van der Waals surface area contributed by atoms with E-state index in [2.05, 4.69) is 20.8 Å². The van der Waals surface area contributed by atoms with Crippen molar-refractivity contribution in [2.24, 2.45) is 0 Å². The third kappa shape index (κ3) is 4.37. The van der Waals surface area contributed by atoms with Gasteiger partial charge in [-0.15, -0.1) is 10.2 Å². The van der Waals surface area contributed by atoms with Crippen LogP contribution in [-0.4, -0.2) is 20.8 Å². The minimum absolute atomic E-state index is 0.243. The first-order valence-electron chi connectivity index (χ1n) is 7.86. The third-order valence-electron chi connectivity index (χ3n) is 3.80. The molecule has 0 bridgehead atoms. The SMILES string of the molecule is CCn1cnnc1CNC(=O)NC(c1ccc(Cl)cc1)c1ccsc1. The van der Waals surface area contributed by atoms with Crippen LogP contribution in [0.4, 0.5) is 4.79 Å². The molecule has 130 valence electrons. The minimum Gasteiger partial charge on any atom is -0.331 e. The van der Waals surface area contributed by atoms with Crippen molar-refractivity contribution < 1.29 is 4.79 Å². The van der Waals surface area contributed by atoms with Crippen LogP contribution < -0.4 is 10.6 Å². The number of aromatic nitrogens is 3. The maximum atomic E-state index is 12.4. The Morgan fingerprint density at radius 1 is 1.28 bits per heavy atom. The number of rotatable bonds is 6. The molecule has 0 saturated heterocycles. The van der Waals surface area contributed by atoms with Gasteiger partial charge in [-0.05, 0) is 47.0 Å². The Kier molecular flexibility index (Phi) is 5.67.